The fourth-order valence-electron chi connectivity index (χ4n) is 1.25. The Morgan fingerprint density at radius 3 is 2.53 bits per heavy atom. The maximum atomic E-state index is 13.4. The molecule has 0 aliphatic rings. The molecule has 0 heterocycles. The zero-order valence-corrected chi connectivity index (χ0v) is 9.98. The average molecular weight is 231 g/mol. The number of halogens is 2. The molecule has 0 spiro atoms. The number of hydrogen-bond acceptors (Lipinski definition) is 1. The molecule has 0 saturated heterocycles. The van der Waals surface area contributed by atoms with E-state index < -0.39 is 5.60 Å². The number of benzene rings is 1. The monoisotopic (exact) mass is 230 g/mol. The summed E-state index contributed by atoms with van der Waals surface area (Å²) in [6.45, 7) is 5.54. The van der Waals surface area contributed by atoms with Crippen LogP contribution < -0.4 is 0 Å². The van der Waals surface area contributed by atoms with Crippen molar-refractivity contribution in [3.63, 3.8) is 0 Å². The first kappa shape index (κ1) is 12.5. The van der Waals surface area contributed by atoms with Crippen LogP contribution in [0.25, 0.3) is 0 Å². The van der Waals surface area contributed by atoms with Gasteiger partial charge in [-0.2, -0.15) is 0 Å². The lowest BCUT2D eigenvalue weighted by Gasteiger charge is -2.27. The third-order valence-corrected chi connectivity index (χ3v) is 3.04. The van der Waals surface area contributed by atoms with E-state index in [0.29, 0.717) is 17.0 Å². The summed E-state index contributed by atoms with van der Waals surface area (Å²) in [5.41, 5.74) is -0.396. The maximum Gasteiger partial charge on any atom is 0.127 e. The molecule has 1 N–H and O–H groups in total. The van der Waals surface area contributed by atoms with Crippen LogP contribution in [0.5, 0.6) is 0 Å². The van der Waals surface area contributed by atoms with Crippen LogP contribution in [0.3, 0.4) is 0 Å². The van der Waals surface area contributed by atoms with Gasteiger partial charge < -0.3 is 5.11 Å². The van der Waals surface area contributed by atoms with Gasteiger partial charge in [0.05, 0.1) is 5.60 Å². The van der Waals surface area contributed by atoms with Gasteiger partial charge in [0.15, 0.2) is 0 Å². The molecule has 0 aliphatic heterocycles. The van der Waals surface area contributed by atoms with Crippen LogP contribution in [0.15, 0.2) is 18.2 Å². The largest absolute Gasteiger partial charge is 0.390 e. The number of aliphatic hydroxyl groups is 1. The summed E-state index contributed by atoms with van der Waals surface area (Å²) >= 11 is 5.65. The van der Waals surface area contributed by atoms with Gasteiger partial charge in [0.2, 0.25) is 0 Å². The van der Waals surface area contributed by atoms with E-state index in [1.807, 2.05) is 13.8 Å². The van der Waals surface area contributed by atoms with Crippen molar-refractivity contribution in [2.24, 2.45) is 5.92 Å². The quantitative estimate of drug-likeness (QED) is 0.844. The first-order valence-electron chi connectivity index (χ1n) is 4.99. The van der Waals surface area contributed by atoms with Gasteiger partial charge in [-0.15, -0.1) is 0 Å². The second-order valence-electron chi connectivity index (χ2n) is 4.42. The fraction of sp³-hybridized carbons (Fsp3) is 0.500. The summed E-state index contributed by atoms with van der Waals surface area (Å²) in [6, 6.07) is 4.53. The molecule has 1 aromatic rings. The van der Waals surface area contributed by atoms with E-state index in [-0.39, 0.29) is 11.7 Å². The molecule has 0 bridgehead atoms. The van der Waals surface area contributed by atoms with Crippen LogP contribution in [0.1, 0.15) is 26.3 Å². The van der Waals surface area contributed by atoms with Crippen molar-refractivity contribution in [1.82, 2.24) is 0 Å². The Hall–Kier alpha value is -0.600. The topological polar surface area (TPSA) is 20.2 Å². The molecule has 0 radical (unpaired) electrons. The van der Waals surface area contributed by atoms with Gasteiger partial charge in [-0.1, -0.05) is 31.5 Å². The zero-order chi connectivity index (χ0) is 11.6. The second kappa shape index (κ2) is 4.50. The maximum absolute atomic E-state index is 13.4. The van der Waals surface area contributed by atoms with E-state index in [2.05, 4.69) is 0 Å². The van der Waals surface area contributed by atoms with E-state index in [4.69, 9.17) is 11.6 Å². The Kier molecular flexibility index (Phi) is 3.74. The molecular weight excluding hydrogens is 215 g/mol. The van der Waals surface area contributed by atoms with Crippen molar-refractivity contribution in [1.29, 1.82) is 0 Å². The van der Waals surface area contributed by atoms with Gasteiger partial charge in [-0.3, -0.25) is 0 Å². The van der Waals surface area contributed by atoms with Crippen molar-refractivity contribution < 1.29 is 9.50 Å². The lowest BCUT2D eigenvalue weighted by Crippen LogP contribution is -2.33. The van der Waals surface area contributed by atoms with E-state index in [9.17, 15) is 9.50 Å². The van der Waals surface area contributed by atoms with E-state index in [1.54, 1.807) is 19.1 Å². The molecule has 1 atom stereocenters. The highest BCUT2D eigenvalue weighted by Crippen LogP contribution is 2.24. The first-order valence-corrected chi connectivity index (χ1v) is 5.37. The minimum Gasteiger partial charge on any atom is -0.390 e. The Morgan fingerprint density at radius 2 is 2.07 bits per heavy atom. The fourth-order valence-corrected chi connectivity index (χ4v) is 1.41. The van der Waals surface area contributed by atoms with Gasteiger partial charge in [0.25, 0.3) is 0 Å². The summed E-state index contributed by atoms with van der Waals surface area (Å²) in [5.74, 6) is -0.281. The SMILES string of the molecule is CC(C)C(C)(O)Cc1ccc(Cl)cc1F. The van der Waals surface area contributed by atoms with Crippen LogP contribution in [0.2, 0.25) is 5.02 Å². The van der Waals surface area contributed by atoms with Crippen molar-refractivity contribution in [3.8, 4) is 0 Å². The summed E-state index contributed by atoms with van der Waals surface area (Å²) in [7, 11) is 0. The van der Waals surface area contributed by atoms with E-state index in [0.717, 1.165) is 0 Å². The third-order valence-electron chi connectivity index (χ3n) is 2.81. The molecule has 0 aliphatic carbocycles. The summed E-state index contributed by atoms with van der Waals surface area (Å²) in [5, 5.41) is 10.4. The molecular formula is C12H16ClFO. The van der Waals surface area contributed by atoms with Crippen molar-refractivity contribution in [2.45, 2.75) is 32.8 Å². The van der Waals surface area contributed by atoms with Crippen LogP contribution >= 0.6 is 11.6 Å². The van der Waals surface area contributed by atoms with Gasteiger partial charge in [-0.25, -0.2) is 4.39 Å². The molecule has 0 saturated carbocycles. The summed E-state index contributed by atoms with van der Waals surface area (Å²) < 4.78 is 13.4. The standard InChI is InChI=1S/C12H16ClFO/c1-8(2)12(3,15)7-9-4-5-10(13)6-11(9)14/h4-6,8,15H,7H2,1-3H3. The molecule has 0 aromatic heterocycles. The zero-order valence-electron chi connectivity index (χ0n) is 9.22. The van der Waals surface area contributed by atoms with Crippen LogP contribution in [-0.2, 0) is 6.42 Å². The van der Waals surface area contributed by atoms with Gasteiger partial charge in [-0.05, 0) is 30.5 Å². The molecule has 1 rings (SSSR count). The highest BCUT2D eigenvalue weighted by molar-refractivity contribution is 6.30. The molecule has 0 amide bonds. The van der Waals surface area contributed by atoms with Crippen molar-refractivity contribution in [3.05, 3.63) is 34.6 Å². The van der Waals surface area contributed by atoms with E-state index in [1.165, 1.54) is 6.07 Å². The number of rotatable bonds is 3. The predicted molar refractivity (Wildman–Crippen MR) is 60.6 cm³/mol. The molecule has 1 aromatic carbocycles. The minimum atomic E-state index is -0.894. The normalized spacial score (nSPS) is 15.4. The van der Waals surface area contributed by atoms with Crippen molar-refractivity contribution in [2.75, 3.05) is 0 Å². The molecule has 3 heteroatoms. The first-order chi connectivity index (χ1) is 6.83. The van der Waals surface area contributed by atoms with Crippen LogP contribution in [-0.4, -0.2) is 10.7 Å². The second-order valence-corrected chi connectivity index (χ2v) is 4.86. The Bertz CT molecular complexity index is 347. The van der Waals surface area contributed by atoms with Crippen LogP contribution in [0, 0.1) is 11.7 Å². The molecule has 1 unspecified atom stereocenters. The van der Waals surface area contributed by atoms with E-state index >= 15 is 0 Å². The molecule has 0 fully saturated rings. The summed E-state index contributed by atoms with van der Waals surface area (Å²) in [6.07, 6.45) is 0.299. The lowest BCUT2D eigenvalue weighted by atomic mass is 9.86. The Morgan fingerprint density at radius 1 is 1.47 bits per heavy atom. The summed E-state index contributed by atoms with van der Waals surface area (Å²) in [4.78, 5) is 0. The van der Waals surface area contributed by atoms with Crippen LogP contribution in [0.4, 0.5) is 4.39 Å². The van der Waals surface area contributed by atoms with Gasteiger partial charge in [0, 0.05) is 11.4 Å². The highest BCUT2D eigenvalue weighted by atomic mass is 35.5. The Labute approximate surface area is 94.9 Å². The molecule has 84 valence electrons. The Balaban J connectivity index is 2.90. The third kappa shape index (κ3) is 3.18. The molecule has 1 nitrogen and oxygen atoms in total. The minimum absolute atomic E-state index is 0.0765. The molecule has 15 heavy (non-hydrogen) atoms. The predicted octanol–water partition coefficient (Wildman–Crippen LogP) is 3.43. The van der Waals surface area contributed by atoms with Gasteiger partial charge in [0.1, 0.15) is 5.82 Å². The average Bonchev–Trinajstić information content (AvgIpc) is 2.09. The smallest absolute Gasteiger partial charge is 0.127 e. The lowest BCUT2D eigenvalue weighted by molar-refractivity contribution is 0.0132. The van der Waals surface area contributed by atoms with Crippen molar-refractivity contribution >= 4 is 11.6 Å². The van der Waals surface area contributed by atoms with Gasteiger partial charge >= 0.3 is 0 Å². The number of hydrogen-bond donors (Lipinski definition) is 1. The highest BCUT2D eigenvalue weighted by Gasteiger charge is 2.26.